The Morgan fingerprint density at radius 1 is 1.00 bits per heavy atom. The quantitative estimate of drug-likeness (QED) is 0.739. The second-order valence-corrected chi connectivity index (χ2v) is 6.15. The molecule has 0 spiro atoms. The third-order valence-electron chi connectivity index (χ3n) is 4.56. The van der Waals surface area contributed by atoms with Gasteiger partial charge in [0.15, 0.2) is 5.82 Å². The molecule has 3 aromatic heterocycles. The highest BCUT2D eigenvalue weighted by Crippen LogP contribution is 2.30. The molecule has 0 radical (unpaired) electrons. The Labute approximate surface area is 141 Å². The molecule has 0 aromatic carbocycles. The van der Waals surface area contributed by atoms with Crippen molar-refractivity contribution in [2.24, 2.45) is 0 Å². The summed E-state index contributed by atoms with van der Waals surface area (Å²) in [5.74, 6) is 1.35. The van der Waals surface area contributed by atoms with E-state index in [9.17, 15) is 0 Å². The van der Waals surface area contributed by atoms with Gasteiger partial charge in [0, 0.05) is 49.6 Å². The zero-order chi connectivity index (χ0) is 16.2. The summed E-state index contributed by atoms with van der Waals surface area (Å²) in [6.45, 7) is 3.11. The maximum absolute atomic E-state index is 4.63. The lowest BCUT2D eigenvalue weighted by Crippen LogP contribution is -2.33. The zero-order valence-corrected chi connectivity index (χ0v) is 13.5. The molecule has 6 nitrogen and oxygen atoms in total. The molecule has 0 amide bonds. The largest absolute Gasteiger partial charge is 0.299 e. The lowest BCUT2D eigenvalue weighted by Gasteiger charge is -2.32. The fourth-order valence-electron chi connectivity index (χ4n) is 3.33. The molecule has 3 aromatic rings. The Kier molecular flexibility index (Phi) is 4.29. The van der Waals surface area contributed by atoms with E-state index in [1.165, 1.54) is 5.56 Å². The van der Waals surface area contributed by atoms with Crippen molar-refractivity contribution in [2.45, 2.75) is 25.3 Å². The van der Waals surface area contributed by atoms with Crippen molar-refractivity contribution in [1.29, 1.82) is 0 Å². The van der Waals surface area contributed by atoms with Gasteiger partial charge in [-0.1, -0.05) is 6.07 Å². The van der Waals surface area contributed by atoms with E-state index in [4.69, 9.17) is 0 Å². The van der Waals surface area contributed by atoms with Gasteiger partial charge >= 0.3 is 0 Å². The zero-order valence-electron chi connectivity index (χ0n) is 13.5. The summed E-state index contributed by atoms with van der Waals surface area (Å²) in [5.41, 5.74) is 2.35. The molecule has 4 heterocycles. The van der Waals surface area contributed by atoms with Gasteiger partial charge in [0.1, 0.15) is 6.33 Å². The van der Waals surface area contributed by atoms with Gasteiger partial charge in [-0.25, -0.2) is 9.97 Å². The first-order chi connectivity index (χ1) is 11.9. The fraction of sp³-hybridized carbons (Fsp3) is 0.333. The van der Waals surface area contributed by atoms with Crippen LogP contribution in [0.4, 0.5) is 0 Å². The van der Waals surface area contributed by atoms with Crippen LogP contribution in [-0.2, 0) is 6.54 Å². The van der Waals surface area contributed by atoms with Crippen molar-refractivity contribution in [3.05, 3.63) is 66.9 Å². The Balaban J connectivity index is 1.45. The summed E-state index contributed by atoms with van der Waals surface area (Å²) in [7, 11) is 0. The maximum Gasteiger partial charge on any atom is 0.159 e. The maximum atomic E-state index is 4.63. The molecule has 0 saturated carbocycles. The number of hydrogen-bond acceptors (Lipinski definition) is 5. The average Bonchev–Trinajstić information content (AvgIpc) is 3.18. The van der Waals surface area contributed by atoms with Gasteiger partial charge in [-0.2, -0.15) is 0 Å². The smallest absolute Gasteiger partial charge is 0.159 e. The minimum atomic E-state index is 0.446. The molecule has 122 valence electrons. The third kappa shape index (κ3) is 3.19. The molecule has 4 rings (SSSR count). The second kappa shape index (κ2) is 6.88. The van der Waals surface area contributed by atoms with E-state index >= 15 is 0 Å². The van der Waals surface area contributed by atoms with Gasteiger partial charge in [0.2, 0.25) is 0 Å². The van der Waals surface area contributed by atoms with Crippen LogP contribution in [0.15, 0.2) is 55.6 Å². The molecule has 6 heteroatoms. The SMILES string of the molecule is c1cncc(CN2CCC(c3nccnc3-n3ccnc3)CC2)c1. The highest BCUT2D eigenvalue weighted by Gasteiger charge is 2.24. The molecule has 1 fully saturated rings. The van der Waals surface area contributed by atoms with Crippen molar-refractivity contribution in [3.63, 3.8) is 0 Å². The second-order valence-electron chi connectivity index (χ2n) is 6.15. The molecule has 1 aliphatic heterocycles. The van der Waals surface area contributed by atoms with E-state index in [0.717, 1.165) is 44.0 Å². The Bertz CT molecular complexity index is 763. The van der Waals surface area contributed by atoms with Crippen LogP contribution in [0.1, 0.15) is 30.0 Å². The van der Waals surface area contributed by atoms with Crippen LogP contribution in [0.3, 0.4) is 0 Å². The average molecular weight is 320 g/mol. The molecule has 1 aliphatic rings. The van der Waals surface area contributed by atoms with Crippen LogP contribution in [0.2, 0.25) is 0 Å². The molecule has 0 atom stereocenters. The monoisotopic (exact) mass is 320 g/mol. The molecule has 0 aliphatic carbocycles. The van der Waals surface area contributed by atoms with E-state index in [-0.39, 0.29) is 0 Å². The number of rotatable bonds is 4. The Hall–Kier alpha value is -2.60. The molecule has 0 bridgehead atoms. The molecule has 0 unspecified atom stereocenters. The first kappa shape index (κ1) is 15.0. The predicted molar refractivity (Wildman–Crippen MR) is 90.6 cm³/mol. The Morgan fingerprint density at radius 2 is 1.88 bits per heavy atom. The number of likely N-dealkylation sites (tertiary alicyclic amines) is 1. The topological polar surface area (TPSA) is 59.7 Å². The van der Waals surface area contributed by atoms with Gasteiger partial charge in [-0.3, -0.25) is 19.4 Å². The first-order valence-corrected chi connectivity index (χ1v) is 8.30. The van der Waals surface area contributed by atoms with Crippen LogP contribution in [0.25, 0.3) is 5.82 Å². The standard InChI is InChI=1S/C18H20N6/c1-2-15(12-19-5-1)13-23-9-3-16(4-10-23)17-18(22-7-6-21-17)24-11-8-20-14-24/h1-2,5-8,11-12,14,16H,3-4,9-10,13H2. The van der Waals surface area contributed by atoms with Crippen molar-refractivity contribution in [2.75, 3.05) is 13.1 Å². The number of imidazole rings is 1. The van der Waals surface area contributed by atoms with E-state index in [2.05, 4.69) is 30.9 Å². The number of pyridine rings is 1. The highest BCUT2D eigenvalue weighted by molar-refractivity contribution is 5.31. The van der Waals surface area contributed by atoms with E-state index in [1.54, 1.807) is 24.9 Å². The number of piperidine rings is 1. The summed E-state index contributed by atoms with van der Waals surface area (Å²) >= 11 is 0. The van der Waals surface area contributed by atoms with E-state index in [1.807, 2.05) is 29.2 Å². The highest BCUT2D eigenvalue weighted by atomic mass is 15.1. The van der Waals surface area contributed by atoms with E-state index in [0.29, 0.717) is 5.92 Å². The van der Waals surface area contributed by atoms with Crippen molar-refractivity contribution >= 4 is 0 Å². The van der Waals surface area contributed by atoms with E-state index < -0.39 is 0 Å². The third-order valence-corrected chi connectivity index (χ3v) is 4.56. The van der Waals surface area contributed by atoms with Gasteiger partial charge in [0.25, 0.3) is 0 Å². The summed E-state index contributed by atoms with van der Waals surface area (Å²) in [4.78, 5) is 20.0. The van der Waals surface area contributed by atoms with Crippen LogP contribution in [0, 0.1) is 0 Å². The van der Waals surface area contributed by atoms with Gasteiger partial charge < -0.3 is 0 Å². The predicted octanol–water partition coefficient (Wildman–Crippen LogP) is 2.44. The summed E-state index contributed by atoms with van der Waals surface area (Å²) in [5, 5.41) is 0. The minimum Gasteiger partial charge on any atom is -0.299 e. The Morgan fingerprint density at radius 3 is 2.62 bits per heavy atom. The summed E-state index contributed by atoms with van der Waals surface area (Å²) in [6, 6.07) is 4.14. The number of nitrogens with zero attached hydrogens (tertiary/aromatic N) is 6. The van der Waals surface area contributed by atoms with Crippen LogP contribution >= 0.6 is 0 Å². The molecular formula is C18H20N6. The lowest BCUT2D eigenvalue weighted by atomic mass is 9.93. The van der Waals surface area contributed by atoms with Gasteiger partial charge in [0.05, 0.1) is 5.69 Å². The van der Waals surface area contributed by atoms with Crippen LogP contribution in [-0.4, -0.2) is 42.5 Å². The summed E-state index contributed by atoms with van der Waals surface area (Å²) < 4.78 is 1.95. The first-order valence-electron chi connectivity index (χ1n) is 8.30. The summed E-state index contributed by atoms with van der Waals surface area (Å²) in [6.07, 6.45) is 15.0. The number of hydrogen-bond donors (Lipinski definition) is 0. The van der Waals surface area contributed by atoms with Crippen LogP contribution < -0.4 is 0 Å². The lowest BCUT2D eigenvalue weighted by molar-refractivity contribution is 0.203. The van der Waals surface area contributed by atoms with Gasteiger partial charge in [-0.15, -0.1) is 0 Å². The fourth-order valence-corrected chi connectivity index (χ4v) is 3.33. The molecule has 1 saturated heterocycles. The normalized spacial score (nSPS) is 16.3. The molecule has 24 heavy (non-hydrogen) atoms. The van der Waals surface area contributed by atoms with Crippen molar-refractivity contribution in [3.8, 4) is 5.82 Å². The molecular weight excluding hydrogens is 300 g/mol. The van der Waals surface area contributed by atoms with Gasteiger partial charge in [-0.05, 0) is 37.6 Å². The van der Waals surface area contributed by atoms with Crippen molar-refractivity contribution < 1.29 is 0 Å². The van der Waals surface area contributed by atoms with Crippen LogP contribution in [0.5, 0.6) is 0 Å². The molecule has 0 N–H and O–H groups in total. The number of aromatic nitrogens is 5. The minimum absolute atomic E-state index is 0.446. The van der Waals surface area contributed by atoms with Crippen molar-refractivity contribution in [1.82, 2.24) is 29.4 Å².